The van der Waals surface area contributed by atoms with Gasteiger partial charge in [0.05, 0.1) is 6.61 Å². The number of rotatable bonds is 30. The van der Waals surface area contributed by atoms with Crippen molar-refractivity contribution in [2.24, 2.45) is 0 Å². The normalized spacial score (nSPS) is 12.0. The van der Waals surface area contributed by atoms with Gasteiger partial charge in [0.25, 0.3) is 0 Å². The smallest absolute Gasteiger partial charge is 0.306 e. The Bertz CT molecular complexity index is 508. The summed E-state index contributed by atoms with van der Waals surface area (Å²) in [5.74, 6) is -0.589. The molecule has 1 N–H and O–H groups in total. The van der Waals surface area contributed by atoms with Crippen LogP contribution in [0.25, 0.3) is 0 Å². The van der Waals surface area contributed by atoms with E-state index in [1.54, 1.807) is 0 Å². The zero-order valence-electron chi connectivity index (χ0n) is 25.5. The maximum absolute atomic E-state index is 12.1. The standard InChI is InChI=1S/C33H64O5/c1-3-5-7-9-11-12-13-14-15-16-17-18-19-20-22-24-26-28-33(36)38-31(29-34)30-37-32(35)27-25-23-21-10-8-6-4-2/h31,34H,3-30H2,1-2H3/t31-/m0/s1. The van der Waals surface area contributed by atoms with Crippen LogP contribution in [0.1, 0.15) is 181 Å². The van der Waals surface area contributed by atoms with Crippen LogP contribution in [-0.4, -0.2) is 36.4 Å². The first-order chi connectivity index (χ1) is 18.6. The molecule has 1 atom stereocenters. The van der Waals surface area contributed by atoms with Crippen molar-refractivity contribution in [2.45, 2.75) is 187 Å². The number of aliphatic hydroxyl groups is 1. The molecule has 0 aliphatic rings. The highest BCUT2D eigenvalue weighted by molar-refractivity contribution is 5.70. The molecule has 0 rings (SSSR count). The topological polar surface area (TPSA) is 72.8 Å². The summed E-state index contributed by atoms with van der Waals surface area (Å²) < 4.78 is 10.5. The Balaban J connectivity index is 3.49. The van der Waals surface area contributed by atoms with E-state index in [-0.39, 0.29) is 25.2 Å². The maximum atomic E-state index is 12.1. The Hall–Kier alpha value is -1.10. The van der Waals surface area contributed by atoms with Crippen molar-refractivity contribution in [3.05, 3.63) is 0 Å². The quantitative estimate of drug-likeness (QED) is 0.0725. The summed E-state index contributed by atoms with van der Waals surface area (Å²) in [4.78, 5) is 23.9. The average molecular weight is 541 g/mol. The van der Waals surface area contributed by atoms with E-state index in [9.17, 15) is 14.7 Å². The number of ether oxygens (including phenoxy) is 2. The van der Waals surface area contributed by atoms with E-state index in [1.807, 2.05) is 0 Å². The predicted octanol–water partition coefficient (Wildman–Crippen LogP) is 9.62. The molecule has 5 heteroatoms. The molecular formula is C33H64O5. The van der Waals surface area contributed by atoms with Crippen molar-refractivity contribution in [3.8, 4) is 0 Å². The zero-order valence-corrected chi connectivity index (χ0v) is 25.5. The first-order valence-corrected chi connectivity index (χ1v) is 16.6. The van der Waals surface area contributed by atoms with E-state index in [0.29, 0.717) is 12.8 Å². The van der Waals surface area contributed by atoms with Crippen LogP contribution in [0.2, 0.25) is 0 Å². The summed E-state index contributed by atoms with van der Waals surface area (Å²) >= 11 is 0. The second-order valence-electron chi connectivity index (χ2n) is 11.3. The lowest BCUT2D eigenvalue weighted by molar-refractivity contribution is -0.161. The van der Waals surface area contributed by atoms with Gasteiger partial charge < -0.3 is 14.6 Å². The highest BCUT2D eigenvalue weighted by Gasteiger charge is 2.16. The molecule has 0 saturated carbocycles. The lowest BCUT2D eigenvalue weighted by atomic mass is 10.0. The van der Waals surface area contributed by atoms with E-state index in [0.717, 1.165) is 38.5 Å². The first-order valence-electron chi connectivity index (χ1n) is 16.6. The summed E-state index contributed by atoms with van der Waals surface area (Å²) in [6, 6.07) is 0. The van der Waals surface area contributed by atoms with Gasteiger partial charge in [-0.2, -0.15) is 0 Å². The molecule has 5 nitrogen and oxygen atoms in total. The van der Waals surface area contributed by atoms with E-state index in [1.165, 1.54) is 116 Å². The monoisotopic (exact) mass is 540 g/mol. The number of hydrogen-bond acceptors (Lipinski definition) is 5. The van der Waals surface area contributed by atoms with Crippen molar-refractivity contribution in [1.29, 1.82) is 0 Å². The predicted molar refractivity (Wildman–Crippen MR) is 159 cm³/mol. The Kier molecular flexibility index (Phi) is 29.6. The van der Waals surface area contributed by atoms with Gasteiger partial charge in [0.1, 0.15) is 6.61 Å². The van der Waals surface area contributed by atoms with Crippen LogP contribution in [0.5, 0.6) is 0 Å². The minimum atomic E-state index is -0.758. The molecule has 0 aliphatic heterocycles. The van der Waals surface area contributed by atoms with Crippen LogP contribution in [-0.2, 0) is 19.1 Å². The number of carbonyl (C=O) groups excluding carboxylic acids is 2. The fourth-order valence-electron chi connectivity index (χ4n) is 4.85. The second-order valence-corrected chi connectivity index (χ2v) is 11.3. The van der Waals surface area contributed by atoms with E-state index < -0.39 is 6.10 Å². The summed E-state index contributed by atoms with van der Waals surface area (Å²) in [5.41, 5.74) is 0. The zero-order chi connectivity index (χ0) is 27.9. The van der Waals surface area contributed by atoms with Gasteiger partial charge in [-0.15, -0.1) is 0 Å². The van der Waals surface area contributed by atoms with E-state index in [4.69, 9.17) is 9.47 Å². The van der Waals surface area contributed by atoms with Crippen LogP contribution < -0.4 is 0 Å². The van der Waals surface area contributed by atoms with Gasteiger partial charge in [0.2, 0.25) is 0 Å². The molecule has 0 spiro atoms. The molecule has 0 unspecified atom stereocenters. The van der Waals surface area contributed by atoms with Crippen LogP contribution in [0, 0.1) is 0 Å². The van der Waals surface area contributed by atoms with Gasteiger partial charge in [0.15, 0.2) is 6.10 Å². The van der Waals surface area contributed by atoms with Crippen LogP contribution in [0.3, 0.4) is 0 Å². The molecule has 0 amide bonds. The van der Waals surface area contributed by atoms with Gasteiger partial charge in [-0.3, -0.25) is 9.59 Å². The van der Waals surface area contributed by atoms with Crippen molar-refractivity contribution in [1.82, 2.24) is 0 Å². The molecule has 0 aromatic carbocycles. The van der Waals surface area contributed by atoms with E-state index >= 15 is 0 Å². The Morgan fingerprint density at radius 3 is 1.16 bits per heavy atom. The highest BCUT2D eigenvalue weighted by atomic mass is 16.6. The third-order valence-electron chi connectivity index (χ3n) is 7.40. The lowest BCUT2D eigenvalue weighted by Crippen LogP contribution is -2.28. The highest BCUT2D eigenvalue weighted by Crippen LogP contribution is 2.15. The molecule has 38 heavy (non-hydrogen) atoms. The number of carbonyl (C=O) groups is 2. The summed E-state index contributed by atoms with van der Waals surface area (Å²) in [7, 11) is 0. The molecular weight excluding hydrogens is 476 g/mol. The molecule has 0 aliphatic carbocycles. The van der Waals surface area contributed by atoms with Gasteiger partial charge in [0, 0.05) is 12.8 Å². The number of esters is 2. The molecule has 0 aromatic heterocycles. The van der Waals surface area contributed by atoms with Crippen LogP contribution in [0.15, 0.2) is 0 Å². The third-order valence-corrected chi connectivity index (χ3v) is 7.40. The molecule has 226 valence electrons. The van der Waals surface area contributed by atoms with Crippen molar-refractivity contribution in [3.63, 3.8) is 0 Å². The van der Waals surface area contributed by atoms with Crippen molar-refractivity contribution < 1.29 is 24.2 Å². The molecule has 0 heterocycles. The van der Waals surface area contributed by atoms with Gasteiger partial charge in [-0.25, -0.2) is 0 Å². The number of unbranched alkanes of at least 4 members (excludes halogenated alkanes) is 22. The molecule has 0 saturated heterocycles. The SMILES string of the molecule is CCCCCCCCCCCCCCCCCCCC(=O)O[C@@H](CO)COC(=O)CCCCCCCCC. The largest absolute Gasteiger partial charge is 0.462 e. The minimum Gasteiger partial charge on any atom is -0.462 e. The Morgan fingerprint density at radius 1 is 0.500 bits per heavy atom. The molecule has 0 fully saturated rings. The molecule has 0 radical (unpaired) electrons. The van der Waals surface area contributed by atoms with Gasteiger partial charge >= 0.3 is 11.9 Å². The Labute approximate surface area is 236 Å². The van der Waals surface area contributed by atoms with Crippen LogP contribution in [0.4, 0.5) is 0 Å². The van der Waals surface area contributed by atoms with Crippen molar-refractivity contribution in [2.75, 3.05) is 13.2 Å². The summed E-state index contributed by atoms with van der Waals surface area (Å²) in [5, 5.41) is 9.46. The van der Waals surface area contributed by atoms with Crippen molar-refractivity contribution >= 4 is 11.9 Å². The summed E-state index contributed by atoms with van der Waals surface area (Å²) in [6.45, 7) is 4.09. The van der Waals surface area contributed by atoms with Crippen LogP contribution >= 0.6 is 0 Å². The summed E-state index contributed by atoms with van der Waals surface area (Å²) in [6.07, 6.45) is 30.3. The fourth-order valence-corrected chi connectivity index (χ4v) is 4.85. The van der Waals surface area contributed by atoms with E-state index in [2.05, 4.69) is 13.8 Å². The number of aliphatic hydroxyl groups excluding tert-OH is 1. The second kappa shape index (κ2) is 30.4. The average Bonchev–Trinajstić information content (AvgIpc) is 2.92. The Morgan fingerprint density at radius 2 is 0.816 bits per heavy atom. The first kappa shape index (κ1) is 36.9. The van der Waals surface area contributed by atoms with Gasteiger partial charge in [-0.1, -0.05) is 155 Å². The third kappa shape index (κ3) is 27.9. The number of hydrogen-bond donors (Lipinski definition) is 1. The minimum absolute atomic E-state index is 0.0589. The maximum Gasteiger partial charge on any atom is 0.306 e. The molecule has 0 bridgehead atoms. The lowest BCUT2D eigenvalue weighted by Gasteiger charge is -2.15. The molecule has 0 aromatic rings. The van der Waals surface area contributed by atoms with Gasteiger partial charge in [-0.05, 0) is 12.8 Å². The fraction of sp³-hybridized carbons (Fsp3) is 0.939.